The molecular weight excluding hydrogens is 214 g/mol. The fourth-order valence-electron chi connectivity index (χ4n) is 1.39. The Labute approximate surface area is 92.1 Å². The number of rotatable bonds is 5. The molecule has 90 valence electrons. The first kappa shape index (κ1) is 12.9. The van der Waals surface area contributed by atoms with Gasteiger partial charge in [-0.1, -0.05) is 0 Å². The maximum atomic E-state index is 11.8. The third kappa shape index (κ3) is 3.16. The molecule has 1 aliphatic carbocycles. The zero-order valence-corrected chi connectivity index (χ0v) is 10.5. The predicted molar refractivity (Wildman–Crippen MR) is 60.0 cm³/mol. The maximum absolute atomic E-state index is 11.8. The number of hydrogen-bond acceptors (Lipinski definition) is 3. The van der Waals surface area contributed by atoms with Crippen LogP contribution in [-0.2, 0) is 10.0 Å². The van der Waals surface area contributed by atoms with E-state index in [1.165, 1.54) is 0 Å². The summed E-state index contributed by atoms with van der Waals surface area (Å²) in [5.74, 6) is 0. The second kappa shape index (κ2) is 4.03. The van der Waals surface area contributed by atoms with E-state index in [4.69, 9.17) is 5.11 Å². The van der Waals surface area contributed by atoms with Crippen LogP contribution in [0.1, 0.15) is 40.0 Å². The quantitative estimate of drug-likeness (QED) is 0.743. The lowest BCUT2D eigenvalue weighted by Gasteiger charge is -2.22. The topological polar surface area (TPSA) is 66.4 Å². The minimum atomic E-state index is -3.24. The summed E-state index contributed by atoms with van der Waals surface area (Å²) in [5, 5.41) is 8.85. The van der Waals surface area contributed by atoms with E-state index in [9.17, 15) is 8.42 Å². The molecule has 0 atom stereocenters. The highest BCUT2D eigenvalue weighted by Gasteiger charge is 2.43. The van der Waals surface area contributed by atoms with Crippen molar-refractivity contribution < 1.29 is 13.5 Å². The van der Waals surface area contributed by atoms with Gasteiger partial charge in [-0.15, -0.1) is 0 Å². The van der Waals surface area contributed by atoms with Crippen LogP contribution in [0.2, 0.25) is 0 Å². The normalized spacial score (nSPS) is 20.3. The summed E-state index contributed by atoms with van der Waals surface area (Å²) in [5.41, 5.74) is 0.0348. The molecule has 0 radical (unpaired) electrons. The first-order valence-corrected chi connectivity index (χ1v) is 6.81. The van der Waals surface area contributed by atoms with Crippen molar-refractivity contribution in [1.82, 2.24) is 4.72 Å². The number of aliphatic hydroxyl groups excluding tert-OH is 1. The molecule has 5 heteroatoms. The lowest BCUT2D eigenvalue weighted by Crippen LogP contribution is -2.42. The molecule has 2 N–H and O–H groups in total. The first-order valence-electron chi connectivity index (χ1n) is 5.33. The van der Waals surface area contributed by atoms with E-state index in [0.717, 1.165) is 12.8 Å². The Morgan fingerprint density at radius 1 is 1.33 bits per heavy atom. The van der Waals surface area contributed by atoms with Crippen molar-refractivity contribution in [3.8, 4) is 0 Å². The lowest BCUT2D eigenvalue weighted by atomic mass is 10.0. The maximum Gasteiger partial charge on any atom is 0.216 e. The average molecular weight is 235 g/mol. The van der Waals surface area contributed by atoms with E-state index in [1.807, 2.05) is 0 Å². The van der Waals surface area contributed by atoms with Crippen molar-refractivity contribution in [2.24, 2.45) is 5.41 Å². The summed E-state index contributed by atoms with van der Waals surface area (Å²) >= 11 is 0. The van der Waals surface area contributed by atoms with Crippen LogP contribution >= 0.6 is 0 Å². The Morgan fingerprint density at radius 2 is 1.87 bits per heavy atom. The third-order valence-electron chi connectivity index (χ3n) is 3.04. The van der Waals surface area contributed by atoms with Crippen molar-refractivity contribution in [3.05, 3.63) is 0 Å². The largest absolute Gasteiger partial charge is 0.396 e. The van der Waals surface area contributed by atoms with Crippen LogP contribution in [0.25, 0.3) is 0 Å². The van der Waals surface area contributed by atoms with Gasteiger partial charge in [0.05, 0.1) is 4.75 Å². The highest BCUT2D eigenvalue weighted by molar-refractivity contribution is 7.90. The second-order valence-electron chi connectivity index (χ2n) is 5.41. The second-order valence-corrected chi connectivity index (χ2v) is 7.93. The Kier molecular flexibility index (Phi) is 3.48. The van der Waals surface area contributed by atoms with Gasteiger partial charge in [0.2, 0.25) is 10.0 Å². The molecule has 0 aliphatic heterocycles. The van der Waals surface area contributed by atoms with Crippen LogP contribution in [0.3, 0.4) is 0 Å². The SMILES string of the molecule is CC(C)(C)S(=O)(=O)NCC1(CCO)CC1. The Hall–Kier alpha value is -0.130. The van der Waals surface area contributed by atoms with Crippen LogP contribution in [0, 0.1) is 5.41 Å². The van der Waals surface area contributed by atoms with E-state index in [2.05, 4.69) is 4.72 Å². The molecule has 0 saturated heterocycles. The van der Waals surface area contributed by atoms with Crippen molar-refractivity contribution >= 4 is 10.0 Å². The number of nitrogens with one attached hydrogen (secondary N) is 1. The highest BCUT2D eigenvalue weighted by Crippen LogP contribution is 2.48. The van der Waals surface area contributed by atoms with Crippen molar-refractivity contribution in [1.29, 1.82) is 0 Å². The summed E-state index contributed by atoms with van der Waals surface area (Å²) < 4.78 is 25.4. The molecule has 0 unspecified atom stereocenters. The highest BCUT2D eigenvalue weighted by atomic mass is 32.2. The number of aliphatic hydroxyl groups is 1. The van der Waals surface area contributed by atoms with Crippen molar-refractivity contribution in [2.45, 2.75) is 44.8 Å². The summed E-state index contributed by atoms with van der Waals surface area (Å²) in [6.07, 6.45) is 2.72. The fraction of sp³-hybridized carbons (Fsp3) is 1.00. The van der Waals surface area contributed by atoms with Crippen LogP contribution < -0.4 is 4.72 Å². The molecule has 1 aliphatic rings. The molecule has 0 spiro atoms. The summed E-state index contributed by atoms with van der Waals surface area (Å²) in [4.78, 5) is 0. The number of hydrogen-bond donors (Lipinski definition) is 2. The average Bonchev–Trinajstić information content (AvgIpc) is 2.81. The standard InChI is InChI=1S/C10H21NO3S/c1-9(2,3)15(13,14)11-8-10(4-5-10)6-7-12/h11-12H,4-8H2,1-3H3. The monoisotopic (exact) mass is 235 g/mol. The molecule has 15 heavy (non-hydrogen) atoms. The van der Waals surface area contributed by atoms with Crippen LogP contribution in [-0.4, -0.2) is 31.4 Å². The molecule has 0 aromatic heterocycles. The van der Waals surface area contributed by atoms with E-state index in [0.29, 0.717) is 13.0 Å². The van der Waals surface area contributed by atoms with Crippen LogP contribution in [0.4, 0.5) is 0 Å². The Morgan fingerprint density at radius 3 is 2.20 bits per heavy atom. The summed E-state index contributed by atoms with van der Waals surface area (Å²) in [6, 6.07) is 0. The van der Waals surface area contributed by atoms with Gasteiger partial charge in [-0.3, -0.25) is 0 Å². The van der Waals surface area contributed by atoms with Gasteiger partial charge in [0.1, 0.15) is 0 Å². The zero-order valence-electron chi connectivity index (χ0n) is 9.71. The summed E-state index contributed by atoms with van der Waals surface area (Å²) in [6.45, 7) is 5.65. The molecule has 0 aromatic carbocycles. The van der Waals surface area contributed by atoms with E-state index in [1.54, 1.807) is 20.8 Å². The molecule has 1 rings (SSSR count). The molecule has 0 heterocycles. The van der Waals surface area contributed by atoms with Gasteiger partial charge in [-0.05, 0) is 45.4 Å². The van der Waals surface area contributed by atoms with Gasteiger partial charge in [-0.25, -0.2) is 13.1 Å². The summed E-state index contributed by atoms with van der Waals surface area (Å²) in [7, 11) is -3.24. The molecule has 0 bridgehead atoms. The first-order chi connectivity index (χ1) is 6.72. The van der Waals surface area contributed by atoms with Gasteiger partial charge in [-0.2, -0.15) is 0 Å². The van der Waals surface area contributed by atoms with Gasteiger partial charge in [0.25, 0.3) is 0 Å². The zero-order chi connectivity index (χ0) is 11.7. The van der Waals surface area contributed by atoms with Crippen molar-refractivity contribution in [3.63, 3.8) is 0 Å². The van der Waals surface area contributed by atoms with Crippen molar-refractivity contribution in [2.75, 3.05) is 13.2 Å². The van der Waals surface area contributed by atoms with Gasteiger partial charge in [0.15, 0.2) is 0 Å². The molecule has 0 amide bonds. The third-order valence-corrected chi connectivity index (χ3v) is 5.18. The molecule has 4 nitrogen and oxygen atoms in total. The lowest BCUT2D eigenvalue weighted by molar-refractivity contribution is 0.249. The molecule has 1 saturated carbocycles. The Balaban J connectivity index is 2.51. The van der Waals surface area contributed by atoms with Gasteiger partial charge in [0, 0.05) is 13.2 Å². The van der Waals surface area contributed by atoms with E-state index in [-0.39, 0.29) is 12.0 Å². The molecule has 1 fully saturated rings. The van der Waals surface area contributed by atoms with E-state index < -0.39 is 14.8 Å². The fourth-order valence-corrected chi connectivity index (χ4v) is 2.32. The number of sulfonamides is 1. The minimum Gasteiger partial charge on any atom is -0.396 e. The van der Waals surface area contributed by atoms with Gasteiger partial charge < -0.3 is 5.11 Å². The van der Waals surface area contributed by atoms with E-state index >= 15 is 0 Å². The van der Waals surface area contributed by atoms with Crippen LogP contribution in [0.5, 0.6) is 0 Å². The smallest absolute Gasteiger partial charge is 0.216 e. The molecular formula is C10H21NO3S. The van der Waals surface area contributed by atoms with Crippen LogP contribution in [0.15, 0.2) is 0 Å². The molecule has 0 aromatic rings. The Bertz CT molecular complexity index is 312. The predicted octanol–water partition coefficient (Wildman–Crippen LogP) is 0.867. The van der Waals surface area contributed by atoms with Gasteiger partial charge >= 0.3 is 0 Å². The minimum absolute atomic E-state index is 0.0348.